The smallest absolute Gasteiger partial charge is 0.233 e. The van der Waals surface area contributed by atoms with Gasteiger partial charge in [0.05, 0.1) is 17.9 Å². The summed E-state index contributed by atoms with van der Waals surface area (Å²) in [7, 11) is 0. The van der Waals surface area contributed by atoms with Gasteiger partial charge in [0.1, 0.15) is 0 Å². The molecular formula is C12H16N2O2. The van der Waals surface area contributed by atoms with E-state index in [1.54, 1.807) is 0 Å². The van der Waals surface area contributed by atoms with Crippen molar-refractivity contribution < 1.29 is 9.59 Å². The maximum atomic E-state index is 12.0. The van der Waals surface area contributed by atoms with Gasteiger partial charge in [-0.3, -0.25) is 14.5 Å². The van der Waals surface area contributed by atoms with Crippen molar-refractivity contribution in [1.29, 1.82) is 5.26 Å². The van der Waals surface area contributed by atoms with E-state index in [2.05, 4.69) is 6.92 Å². The zero-order valence-corrected chi connectivity index (χ0v) is 9.48. The molecule has 0 N–H and O–H groups in total. The van der Waals surface area contributed by atoms with Crippen LogP contribution in [0.2, 0.25) is 0 Å². The molecule has 4 heteroatoms. The highest BCUT2D eigenvalue weighted by atomic mass is 16.2. The van der Waals surface area contributed by atoms with Gasteiger partial charge in [0.15, 0.2) is 0 Å². The molecule has 0 spiro atoms. The second-order valence-corrected chi connectivity index (χ2v) is 4.88. The molecule has 1 aliphatic heterocycles. The number of hydrogen-bond donors (Lipinski definition) is 0. The van der Waals surface area contributed by atoms with Crippen molar-refractivity contribution in [3.8, 4) is 6.07 Å². The van der Waals surface area contributed by atoms with E-state index in [0.29, 0.717) is 25.3 Å². The van der Waals surface area contributed by atoms with Crippen LogP contribution in [0.4, 0.5) is 0 Å². The number of likely N-dealkylation sites (tertiary alicyclic amines) is 1. The van der Waals surface area contributed by atoms with Gasteiger partial charge in [-0.05, 0) is 25.2 Å². The van der Waals surface area contributed by atoms with Gasteiger partial charge < -0.3 is 0 Å². The second kappa shape index (κ2) is 4.25. The van der Waals surface area contributed by atoms with Gasteiger partial charge in [-0.1, -0.05) is 6.92 Å². The Hall–Kier alpha value is -1.37. The Balaban J connectivity index is 2.00. The van der Waals surface area contributed by atoms with Crippen LogP contribution in [0.3, 0.4) is 0 Å². The Morgan fingerprint density at radius 1 is 1.31 bits per heavy atom. The van der Waals surface area contributed by atoms with Gasteiger partial charge in [-0.2, -0.15) is 5.26 Å². The maximum absolute atomic E-state index is 12.0. The SMILES string of the molecule is CC1CC2C(=O)N(CCCC#N)C(=O)C2C1. The molecule has 2 fully saturated rings. The Morgan fingerprint density at radius 2 is 1.88 bits per heavy atom. The highest BCUT2D eigenvalue weighted by Crippen LogP contribution is 2.42. The fraction of sp³-hybridized carbons (Fsp3) is 0.750. The molecule has 0 aromatic rings. The van der Waals surface area contributed by atoms with E-state index in [0.717, 1.165) is 12.8 Å². The van der Waals surface area contributed by atoms with Gasteiger partial charge in [0.25, 0.3) is 0 Å². The lowest BCUT2D eigenvalue weighted by Gasteiger charge is -2.15. The molecule has 1 aliphatic carbocycles. The van der Waals surface area contributed by atoms with E-state index in [9.17, 15) is 9.59 Å². The van der Waals surface area contributed by atoms with Crippen LogP contribution in [0.25, 0.3) is 0 Å². The monoisotopic (exact) mass is 220 g/mol. The first kappa shape index (κ1) is 11.1. The Labute approximate surface area is 95.2 Å². The van der Waals surface area contributed by atoms with E-state index in [-0.39, 0.29) is 23.7 Å². The van der Waals surface area contributed by atoms with E-state index < -0.39 is 0 Å². The number of unbranched alkanes of at least 4 members (excludes halogenated alkanes) is 1. The Bertz CT molecular complexity index is 335. The van der Waals surface area contributed by atoms with Crippen molar-refractivity contribution in [2.24, 2.45) is 17.8 Å². The van der Waals surface area contributed by atoms with Gasteiger partial charge in [-0.25, -0.2) is 0 Å². The average Bonchev–Trinajstić information content (AvgIpc) is 2.72. The van der Waals surface area contributed by atoms with Crippen LogP contribution in [0.15, 0.2) is 0 Å². The third-order valence-corrected chi connectivity index (χ3v) is 3.64. The van der Waals surface area contributed by atoms with Crippen molar-refractivity contribution in [2.75, 3.05) is 6.54 Å². The topological polar surface area (TPSA) is 61.2 Å². The fourth-order valence-corrected chi connectivity index (χ4v) is 2.88. The van der Waals surface area contributed by atoms with Crippen molar-refractivity contribution in [3.63, 3.8) is 0 Å². The normalized spacial score (nSPS) is 33.0. The standard InChI is InChI=1S/C12H16N2O2/c1-8-6-9-10(7-8)12(16)14(11(9)15)5-3-2-4-13/h8-10H,2-3,5-7H2,1H3. The molecule has 2 atom stereocenters. The predicted molar refractivity (Wildman–Crippen MR) is 56.9 cm³/mol. The lowest BCUT2D eigenvalue weighted by atomic mass is 10.00. The maximum Gasteiger partial charge on any atom is 0.233 e. The first-order valence-electron chi connectivity index (χ1n) is 5.87. The largest absolute Gasteiger partial charge is 0.282 e. The fourth-order valence-electron chi connectivity index (χ4n) is 2.88. The van der Waals surface area contributed by atoms with Gasteiger partial charge in [0, 0.05) is 13.0 Å². The lowest BCUT2D eigenvalue weighted by molar-refractivity contribution is -0.140. The third-order valence-electron chi connectivity index (χ3n) is 3.64. The van der Waals surface area contributed by atoms with Crippen LogP contribution in [-0.4, -0.2) is 23.3 Å². The van der Waals surface area contributed by atoms with Crippen LogP contribution in [-0.2, 0) is 9.59 Å². The van der Waals surface area contributed by atoms with Crippen molar-refractivity contribution in [1.82, 2.24) is 4.90 Å². The zero-order valence-electron chi connectivity index (χ0n) is 9.48. The molecule has 1 saturated heterocycles. The summed E-state index contributed by atoms with van der Waals surface area (Å²) in [5, 5.41) is 8.43. The molecule has 0 radical (unpaired) electrons. The molecule has 1 heterocycles. The highest BCUT2D eigenvalue weighted by Gasteiger charge is 2.51. The minimum atomic E-state index is -0.0652. The summed E-state index contributed by atoms with van der Waals surface area (Å²) >= 11 is 0. The predicted octanol–water partition coefficient (Wildman–Crippen LogP) is 1.32. The Morgan fingerprint density at radius 3 is 2.38 bits per heavy atom. The molecule has 2 amide bonds. The summed E-state index contributed by atoms with van der Waals surface area (Å²) in [5.41, 5.74) is 0. The van der Waals surface area contributed by atoms with E-state index in [1.807, 2.05) is 6.07 Å². The van der Waals surface area contributed by atoms with Crippen molar-refractivity contribution in [2.45, 2.75) is 32.6 Å². The molecule has 2 unspecified atom stereocenters. The number of carbonyl (C=O) groups excluding carboxylic acids is 2. The Kier molecular flexibility index (Phi) is 2.95. The average molecular weight is 220 g/mol. The molecule has 2 rings (SSSR count). The minimum absolute atomic E-state index is 0.00251. The van der Waals surface area contributed by atoms with Crippen LogP contribution >= 0.6 is 0 Å². The third kappa shape index (κ3) is 1.71. The van der Waals surface area contributed by atoms with E-state index >= 15 is 0 Å². The molecule has 0 bridgehead atoms. The van der Waals surface area contributed by atoms with Crippen LogP contribution < -0.4 is 0 Å². The summed E-state index contributed by atoms with van der Waals surface area (Å²) in [6.07, 6.45) is 2.71. The van der Waals surface area contributed by atoms with Gasteiger partial charge in [0.2, 0.25) is 11.8 Å². The van der Waals surface area contributed by atoms with Crippen LogP contribution in [0.5, 0.6) is 0 Å². The molecule has 0 aromatic carbocycles. The number of carbonyl (C=O) groups is 2. The molecule has 4 nitrogen and oxygen atoms in total. The molecule has 1 saturated carbocycles. The summed E-state index contributed by atoms with van der Waals surface area (Å²) in [6.45, 7) is 2.52. The summed E-state index contributed by atoms with van der Waals surface area (Å²) in [5.74, 6) is 0.355. The number of rotatable bonds is 3. The number of fused-ring (bicyclic) bond motifs is 1. The quantitative estimate of drug-likeness (QED) is 0.532. The number of nitriles is 1. The molecule has 86 valence electrons. The van der Waals surface area contributed by atoms with Crippen LogP contribution in [0, 0.1) is 29.1 Å². The molecule has 0 aromatic heterocycles. The van der Waals surface area contributed by atoms with Crippen molar-refractivity contribution in [3.05, 3.63) is 0 Å². The van der Waals surface area contributed by atoms with E-state index in [4.69, 9.17) is 5.26 Å². The van der Waals surface area contributed by atoms with Gasteiger partial charge in [-0.15, -0.1) is 0 Å². The highest BCUT2D eigenvalue weighted by molar-refractivity contribution is 6.05. The summed E-state index contributed by atoms with van der Waals surface area (Å²) in [6, 6.07) is 2.03. The van der Waals surface area contributed by atoms with Gasteiger partial charge >= 0.3 is 0 Å². The summed E-state index contributed by atoms with van der Waals surface area (Å²) < 4.78 is 0. The molecular weight excluding hydrogens is 204 g/mol. The zero-order chi connectivity index (χ0) is 11.7. The molecule has 16 heavy (non-hydrogen) atoms. The number of nitrogens with zero attached hydrogens (tertiary/aromatic N) is 2. The lowest BCUT2D eigenvalue weighted by Crippen LogP contribution is -2.33. The summed E-state index contributed by atoms with van der Waals surface area (Å²) in [4.78, 5) is 25.3. The van der Waals surface area contributed by atoms with E-state index in [1.165, 1.54) is 4.90 Å². The first-order chi connectivity index (χ1) is 7.65. The van der Waals surface area contributed by atoms with Crippen molar-refractivity contribution >= 4 is 11.8 Å². The second-order valence-electron chi connectivity index (χ2n) is 4.88. The molecule has 2 aliphatic rings. The number of amides is 2. The first-order valence-corrected chi connectivity index (χ1v) is 5.87. The number of hydrogen-bond acceptors (Lipinski definition) is 3. The number of imide groups is 1. The minimum Gasteiger partial charge on any atom is -0.282 e. The van der Waals surface area contributed by atoms with Crippen LogP contribution in [0.1, 0.15) is 32.6 Å².